The molecule has 1 atom stereocenters. The van der Waals surface area contributed by atoms with Crippen LogP contribution >= 0.6 is 0 Å². The lowest BCUT2D eigenvalue weighted by molar-refractivity contribution is 0.176. The van der Waals surface area contributed by atoms with Gasteiger partial charge in [0.2, 0.25) is 0 Å². The van der Waals surface area contributed by atoms with Crippen LogP contribution in [0.15, 0.2) is 70.1 Å². The van der Waals surface area contributed by atoms with E-state index in [-0.39, 0.29) is 11.6 Å². The van der Waals surface area contributed by atoms with Crippen molar-refractivity contribution in [2.24, 2.45) is 0 Å². The van der Waals surface area contributed by atoms with Gasteiger partial charge in [-0.2, -0.15) is 0 Å². The number of furan rings is 1. The summed E-state index contributed by atoms with van der Waals surface area (Å²) in [5.74, 6) is 2.23. The Hall–Kier alpha value is -4.24. The van der Waals surface area contributed by atoms with Crippen molar-refractivity contribution < 1.29 is 9.15 Å². The molecule has 0 spiro atoms. The van der Waals surface area contributed by atoms with E-state index in [9.17, 15) is 4.79 Å². The second-order valence-electron chi connectivity index (χ2n) is 10.8. The number of fused-ring (bicyclic) bond motifs is 1. The van der Waals surface area contributed by atoms with Crippen molar-refractivity contribution in [1.29, 1.82) is 0 Å². The summed E-state index contributed by atoms with van der Waals surface area (Å²) in [6, 6.07) is 17.7. The Morgan fingerprint density at radius 2 is 1.95 bits per heavy atom. The standard InChI is InChI=1S/C31H34N6O3/c1-20-14-21(2)26-17-27(31(38)32-28(26)15-20)29(30-33-34-35-37(30)23-9-4-5-10-23)36(19-25-12-7-13-40-25)18-22-8-6-11-24(16-22)39-3/h6-8,11-17,23,29H,4-5,9-10,18-19H2,1-3H3,(H,32,38)/t29-/m1/s1. The van der Waals surface area contributed by atoms with Gasteiger partial charge in [0, 0.05) is 23.0 Å². The molecule has 2 aromatic carbocycles. The molecule has 0 unspecified atom stereocenters. The molecule has 3 heterocycles. The van der Waals surface area contributed by atoms with Gasteiger partial charge in [-0.15, -0.1) is 5.10 Å². The predicted octanol–water partition coefficient (Wildman–Crippen LogP) is 5.64. The van der Waals surface area contributed by atoms with Crippen molar-refractivity contribution in [3.05, 3.63) is 105 Å². The van der Waals surface area contributed by atoms with Gasteiger partial charge in [-0.1, -0.05) is 31.0 Å². The first-order chi connectivity index (χ1) is 19.5. The number of benzene rings is 2. The van der Waals surface area contributed by atoms with Gasteiger partial charge in [0.05, 0.1) is 26.0 Å². The molecule has 0 aliphatic heterocycles. The molecular formula is C31H34N6O3. The smallest absolute Gasteiger partial charge is 0.253 e. The van der Waals surface area contributed by atoms with Gasteiger partial charge in [0.15, 0.2) is 5.82 Å². The Labute approximate surface area is 232 Å². The van der Waals surface area contributed by atoms with Gasteiger partial charge in [-0.25, -0.2) is 4.68 Å². The molecule has 40 heavy (non-hydrogen) atoms. The summed E-state index contributed by atoms with van der Waals surface area (Å²) in [5.41, 5.74) is 4.52. The van der Waals surface area contributed by atoms with Crippen LogP contribution in [0, 0.1) is 13.8 Å². The zero-order valence-corrected chi connectivity index (χ0v) is 23.1. The van der Waals surface area contributed by atoms with Crippen molar-refractivity contribution in [2.45, 2.75) is 64.7 Å². The first-order valence-electron chi connectivity index (χ1n) is 13.8. The molecule has 0 radical (unpaired) electrons. The number of aromatic nitrogens is 5. The number of aromatic amines is 1. The van der Waals surface area contributed by atoms with Crippen molar-refractivity contribution >= 4 is 10.9 Å². The largest absolute Gasteiger partial charge is 0.497 e. The van der Waals surface area contributed by atoms with Crippen LogP contribution < -0.4 is 10.3 Å². The quantitative estimate of drug-likeness (QED) is 0.259. The minimum Gasteiger partial charge on any atom is -0.497 e. The van der Waals surface area contributed by atoms with Crippen molar-refractivity contribution in [3.8, 4) is 5.75 Å². The van der Waals surface area contributed by atoms with Crippen molar-refractivity contribution in [3.63, 3.8) is 0 Å². The van der Waals surface area contributed by atoms with Crippen LogP contribution in [-0.4, -0.2) is 37.2 Å². The molecule has 3 aromatic heterocycles. The number of methoxy groups -OCH3 is 1. The Bertz CT molecular complexity index is 1670. The van der Waals surface area contributed by atoms with E-state index in [4.69, 9.17) is 9.15 Å². The van der Waals surface area contributed by atoms with E-state index < -0.39 is 6.04 Å². The van der Waals surface area contributed by atoms with Crippen molar-refractivity contribution in [1.82, 2.24) is 30.1 Å². The number of nitrogens with one attached hydrogen (secondary N) is 1. The van der Waals surface area contributed by atoms with E-state index in [0.29, 0.717) is 24.5 Å². The number of tetrazole rings is 1. The summed E-state index contributed by atoms with van der Waals surface area (Å²) in [6.45, 7) is 5.09. The summed E-state index contributed by atoms with van der Waals surface area (Å²) in [5, 5.41) is 14.2. The summed E-state index contributed by atoms with van der Waals surface area (Å²) < 4.78 is 13.3. The topological polar surface area (TPSA) is 102 Å². The fourth-order valence-corrected chi connectivity index (χ4v) is 6.03. The van der Waals surface area contributed by atoms with E-state index in [1.54, 1.807) is 13.4 Å². The van der Waals surface area contributed by atoms with E-state index in [1.807, 2.05) is 54.1 Å². The van der Waals surface area contributed by atoms with Gasteiger partial charge < -0.3 is 14.1 Å². The van der Waals surface area contributed by atoms with Crippen LogP contribution in [-0.2, 0) is 13.1 Å². The van der Waals surface area contributed by atoms with Crippen LogP contribution in [0.2, 0.25) is 0 Å². The third kappa shape index (κ3) is 5.16. The molecule has 1 N–H and O–H groups in total. The number of pyridine rings is 1. The molecule has 1 aliphatic carbocycles. The van der Waals surface area contributed by atoms with E-state index in [0.717, 1.165) is 64.8 Å². The molecule has 206 valence electrons. The molecule has 1 aliphatic rings. The maximum absolute atomic E-state index is 13.9. The Morgan fingerprint density at radius 1 is 1.10 bits per heavy atom. The molecule has 6 rings (SSSR count). The number of H-pyrrole nitrogens is 1. The van der Waals surface area contributed by atoms with Gasteiger partial charge in [0.25, 0.3) is 5.56 Å². The highest BCUT2D eigenvalue weighted by atomic mass is 16.5. The van der Waals surface area contributed by atoms with Gasteiger partial charge in [0.1, 0.15) is 17.6 Å². The minimum absolute atomic E-state index is 0.154. The zero-order valence-electron chi connectivity index (χ0n) is 23.1. The van der Waals surface area contributed by atoms with Crippen LogP contribution in [0.3, 0.4) is 0 Å². The Balaban J connectivity index is 1.55. The van der Waals surface area contributed by atoms with Crippen molar-refractivity contribution in [2.75, 3.05) is 7.11 Å². The molecule has 1 saturated carbocycles. The highest BCUT2D eigenvalue weighted by Gasteiger charge is 2.34. The van der Waals surface area contributed by atoms with Crippen LogP contribution in [0.1, 0.15) is 71.6 Å². The molecule has 9 heteroatoms. The normalized spacial score (nSPS) is 14.8. The Kier molecular flexibility index (Phi) is 7.21. The van der Waals surface area contributed by atoms with Gasteiger partial charge in [-0.3, -0.25) is 9.69 Å². The minimum atomic E-state index is -0.527. The first-order valence-corrected chi connectivity index (χ1v) is 13.8. The summed E-state index contributed by atoms with van der Waals surface area (Å²) in [7, 11) is 1.66. The van der Waals surface area contributed by atoms with E-state index >= 15 is 0 Å². The molecule has 0 bridgehead atoms. The van der Waals surface area contributed by atoms with Crippen LogP contribution in [0.25, 0.3) is 10.9 Å². The highest BCUT2D eigenvalue weighted by Crippen LogP contribution is 2.35. The molecule has 0 amide bonds. The summed E-state index contributed by atoms with van der Waals surface area (Å²) in [4.78, 5) is 19.3. The predicted molar refractivity (Wildman–Crippen MR) is 152 cm³/mol. The number of hydrogen-bond acceptors (Lipinski definition) is 7. The fourth-order valence-electron chi connectivity index (χ4n) is 6.03. The first kappa shape index (κ1) is 26.0. The number of nitrogens with zero attached hydrogens (tertiary/aromatic N) is 5. The summed E-state index contributed by atoms with van der Waals surface area (Å²) in [6.07, 6.45) is 6.00. The molecule has 9 nitrogen and oxygen atoms in total. The number of aryl methyl sites for hydroxylation is 2. The maximum atomic E-state index is 13.9. The molecule has 0 saturated heterocycles. The second kappa shape index (κ2) is 11.1. The van der Waals surface area contributed by atoms with E-state index in [2.05, 4.69) is 44.5 Å². The highest BCUT2D eigenvalue weighted by molar-refractivity contribution is 5.83. The lowest BCUT2D eigenvalue weighted by Crippen LogP contribution is -2.35. The number of hydrogen-bond donors (Lipinski definition) is 1. The number of ether oxygens (including phenoxy) is 1. The zero-order chi connectivity index (χ0) is 27.6. The average Bonchev–Trinajstić information content (AvgIpc) is 3.73. The third-order valence-electron chi connectivity index (χ3n) is 7.89. The Morgan fingerprint density at radius 3 is 2.73 bits per heavy atom. The second-order valence-corrected chi connectivity index (χ2v) is 10.8. The summed E-state index contributed by atoms with van der Waals surface area (Å²) >= 11 is 0. The molecule has 1 fully saturated rings. The number of rotatable bonds is 9. The van der Waals surface area contributed by atoms with Crippen LogP contribution in [0.4, 0.5) is 0 Å². The fraction of sp³-hybridized carbons (Fsp3) is 0.355. The lowest BCUT2D eigenvalue weighted by Gasteiger charge is -2.31. The van der Waals surface area contributed by atoms with E-state index in [1.165, 1.54) is 0 Å². The SMILES string of the molecule is COc1cccc(CN(Cc2ccco2)[C@H](c2cc3c(C)cc(C)cc3[nH]c2=O)c2nnnn2C2CCCC2)c1. The third-order valence-corrected chi connectivity index (χ3v) is 7.89. The maximum Gasteiger partial charge on any atom is 0.253 e. The average molecular weight is 539 g/mol. The van der Waals surface area contributed by atoms with Crippen LogP contribution in [0.5, 0.6) is 5.75 Å². The monoisotopic (exact) mass is 538 g/mol. The van der Waals surface area contributed by atoms with Gasteiger partial charge in [-0.05, 0) is 90.2 Å². The van der Waals surface area contributed by atoms with Gasteiger partial charge >= 0.3 is 0 Å². The molecule has 5 aromatic rings. The molecular weight excluding hydrogens is 504 g/mol. The lowest BCUT2D eigenvalue weighted by atomic mass is 9.99.